The van der Waals surface area contributed by atoms with Gasteiger partial charge in [0, 0.05) is 0 Å². The summed E-state index contributed by atoms with van der Waals surface area (Å²) in [7, 11) is 0. The molecule has 2 rings (SSSR count). The van der Waals surface area contributed by atoms with Gasteiger partial charge in [-0.15, -0.1) is 0 Å². The Morgan fingerprint density at radius 3 is 2.11 bits per heavy atom. The van der Waals surface area contributed by atoms with E-state index in [1.807, 2.05) is 0 Å². The van der Waals surface area contributed by atoms with Crippen LogP contribution >= 0.6 is 0 Å². The summed E-state index contributed by atoms with van der Waals surface area (Å²) < 4.78 is 0. The van der Waals surface area contributed by atoms with Crippen molar-refractivity contribution in [2.24, 2.45) is 11.8 Å². The van der Waals surface area contributed by atoms with Crippen LogP contribution in [0.15, 0.2) is 0 Å². The van der Waals surface area contributed by atoms with Gasteiger partial charge in [0.2, 0.25) is 0 Å². The molecule has 0 heterocycles. The zero-order valence-corrected chi connectivity index (χ0v) is 5.71. The fraction of sp³-hybridized carbons (Fsp3) is 1.00. The lowest BCUT2D eigenvalue weighted by Gasteiger charge is -2.03. The number of aliphatic hydroxyl groups is 1. The average molecular weight is 126 g/mol. The second-order valence-electron chi connectivity index (χ2n) is 3.51. The van der Waals surface area contributed by atoms with Crippen molar-refractivity contribution in [3.8, 4) is 0 Å². The molecular formula is C8H14O. The predicted molar refractivity (Wildman–Crippen MR) is 36.1 cm³/mol. The minimum Gasteiger partial charge on any atom is -0.393 e. The molecule has 0 bridgehead atoms. The third-order valence-corrected chi connectivity index (χ3v) is 2.81. The van der Waals surface area contributed by atoms with E-state index in [9.17, 15) is 0 Å². The van der Waals surface area contributed by atoms with Crippen LogP contribution in [0.4, 0.5) is 0 Å². The molecule has 0 amide bonds. The van der Waals surface area contributed by atoms with Crippen molar-refractivity contribution in [3.63, 3.8) is 0 Å². The minimum absolute atomic E-state index is 0.0908. The van der Waals surface area contributed by atoms with Crippen LogP contribution < -0.4 is 0 Å². The molecule has 2 saturated carbocycles. The summed E-state index contributed by atoms with van der Waals surface area (Å²) in [6, 6.07) is 0. The van der Waals surface area contributed by atoms with Gasteiger partial charge < -0.3 is 5.11 Å². The molecule has 52 valence electrons. The highest BCUT2D eigenvalue weighted by atomic mass is 16.3. The zero-order valence-electron chi connectivity index (χ0n) is 5.71. The molecule has 9 heavy (non-hydrogen) atoms. The third kappa shape index (κ3) is 0.983. The first kappa shape index (κ1) is 5.72. The number of hydrogen-bond acceptors (Lipinski definition) is 1. The predicted octanol–water partition coefficient (Wildman–Crippen LogP) is 1.56. The van der Waals surface area contributed by atoms with E-state index in [4.69, 9.17) is 5.11 Å². The van der Waals surface area contributed by atoms with Crippen LogP contribution in [0.3, 0.4) is 0 Å². The highest BCUT2D eigenvalue weighted by molar-refractivity contribution is 4.92. The van der Waals surface area contributed by atoms with Gasteiger partial charge in [-0.3, -0.25) is 0 Å². The molecule has 0 saturated heterocycles. The molecule has 0 radical (unpaired) electrons. The van der Waals surface area contributed by atoms with Crippen LogP contribution in [0.2, 0.25) is 0 Å². The summed E-state index contributed by atoms with van der Waals surface area (Å²) in [5.41, 5.74) is 0. The summed E-state index contributed by atoms with van der Waals surface area (Å²) in [6.07, 6.45) is 6.80. The first-order valence-corrected chi connectivity index (χ1v) is 4.06. The van der Waals surface area contributed by atoms with Crippen LogP contribution in [0, 0.1) is 11.8 Å². The topological polar surface area (TPSA) is 20.2 Å². The fourth-order valence-electron chi connectivity index (χ4n) is 2.09. The van der Waals surface area contributed by atoms with Gasteiger partial charge >= 0.3 is 0 Å². The van der Waals surface area contributed by atoms with E-state index in [1.165, 1.54) is 25.7 Å². The maximum atomic E-state index is 9.09. The molecule has 0 aromatic heterocycles. The van der Waals surface area contributed by atoms with E-state index >= 15 is 0 Å². The molecule has 2 aliphatic rings. The Hall–Kier alpha value is -0.0400. The standard InChI is InChI=1S/C8H14O/c9-8-5-7(8)6-3-1-2-4-6/h6-9H,1-5H2/t7-,8?/m1/s1. The van der Waals surface area contributed by atoms with Crippen LogP contribution in [0.5, 0.6) is 0 Å². The Bertz CT molecular complexity index is 105. The summed E-state index contributed by atoms with van der Waals surface area (Å²) in [5, 5.41) is 9.09. The van der Waals surface area contributed by atoms with Gasteiger partial charge in [0.05, 0.1) is 6.10 Å². The van der Waals surface area contributed by atoms with Crippen molar-refractivity contribution in [2.75, 3.05) is 0 Å². The number of aliphatic hydroxyl groups excluding tert-OH is 1. The minimum atomic E-state index is 0.0908. The highest BCUT2D eigenvalue weighted by Crippen LogP contribution is 2.44. The zero-order chi connectivity index (χ0) is 6.27. The SMILES string of the molecule is OC1C[C@@H]1C1CCCC1. The van der Waals surface area contributed by atoms with E-state index in [0.717, 1.165) is 12.3 Å². The highest BCUT2D eigenvalue weighted by Gasteiger charge is 2.42. The summed E-state index contributed by atoms with van der Waals surface area (Å²) in [5.74, 6) is 1.62. The molecule has 0 aromatic carbocycles. The van der Waals surface area contributed by atoms with Crippen molar-refractivity contribution in [3.05, 3.63) is 0 Å². The quantitative estimate of drug-likeness (QED) is 0.565. The molecule has 1 heteroatoms. The number of hydrogen-bond donors (Lipinski definition) is 1. The number of rotatable bonds is 1. The van der Waals surface area contributed by atoms with Crippen molar-refractivity contribution < 1.29 is 5.11 Å². The second kappa shape index (κ2) is 1.98. The summed E-state index contributed by atoms with van der Waals surface area (Å²) in [4.78, 5) is 0. The third-order valence-electron chi connectivity index (χ3n) is 2.81. The van der Waals surface area contributed by atoms with Crippen LogP contribution in [0.25, 0.3) is 0 Å². The first-order valence-electron chi connectivity index (χ1n) is 4.06. The Kier molecular flexibility index (Phi) is 1.26. The van der Waals surface area contributed by atoms with Gasteiger partial charge in [-0.2, -0.15) is 0 Å². The van der Waals surface area contributed by atoms with E-state index in [1.54, 1.807) is 0 Å². The Morgan fingerprint density at radius 2 is 1.67 bits per heavy atom. The molecule has 1 unspecified atom stereocenters. The lowest BCUT2D eigenvalue weighted by Crippen LogP contribution is -1.99. The van der Waals surface area contributed by atoms with E-state index in [-0.39, 0.29) is 6.10 Å². The Balaban J connectivity index is 1.85. The molecule has 2 atom stereocenters. The monoisotopic (exact) mass is 126 g/mol. The lowest BCUT2D eigenvalue weighted by molar-refractivity contribution is 0.238. The molecule has 0 spiro atoms. The van der Waals surface area contributed by atoms with Crippen LogP contribution in [0.1, 0.15) is 32.1 Å². The first-order chi connectivity index (χ1) is 4.38. The largest absolute Gasteiger partial charge is 0.393 e. The smallest absolute Gasteiger partial charge is 0.0575 e. The Morgan fingerprint density at radius 1 is 1.11 bits per heavy atom. The second-order valence-corrected chi connectivity index (χ2v) is 3.51. The summed E-state index contributed by atoms with van der Waals surface area (Å²) >= 11 is 0. The van der Waals surface area contributed by atoms with E-state index < -0.39 is 0 Å². The Labute approximate surface area is 56.1 Å². The molecular weight excluding hydrogens is 112 g/mol. The van der Waals surface area contributed by atoms with Gasteiger partial charge in [0.1, 0.15) is 0 Å². The molecule has 2 fully saturated rings. The normalized spacial score (nSPS) is 43.7. The molecule has 0 aromatic rings. The maximum Gasteiger partial charge on any atom is 0.0575 e. The maximum absolute atomic E-state index is 9.09. The molecule has 1 N–H and O–H groups in total. The van der Waals surface area contributed by atoms with Gasteiger partial charge in [-0.1, -0.05) is 25.7 Å². The van der Waals surface area contributed by atoms with Gasteiger partial charge in [0.15, 0.2) is 0 Å². The van der Waals surface area contributed by atoms with Crippen LogP contribution in [-0.4, -0.2) is 11.2 Å². The van der Waals surface area contributed by atoms with Crippen LogP contribution in [-0.2, 0) is 0 Å². The fourth-order valence-corrected chi connectivity index (χ4v) is 2.09. The molecule has 1 nitrogen and oxygen atoms in total. The lowest BCUT2D eigenvalue weighted by atomic mass is 10.0. The van der Waals surface area contributed by atoms with Crippen molar-refractivity contribution in [1.82, 2.24) is 0 Å². The van der Waals surface area contributed by atoms with Gasteiger partial charge in [0.25, 0.3) is 0 Å². The van der Waals surface area contributed by atoms with Crippen molar-refractivity contribution in [1.29, 1.82) is 0 Å². The van der Waals surface area contributed by atoms with E-state index in [0.29, 0.717) is 5.92 Å². The van der Waals surface area contributed by atoms with E-state index in [2.05, 4.69) is 0 Å². The average Bonchev–Trinajstić information content (AvgIpc) is 2.44. The van der Waals surface area contributed by atoms with Gasteiger partial charge in [-0.25, -0.2) is 0 Å². The van der Waals surface area contributed by atoms with Crippen molar-refractivity contribution >= 4 is 0 Å². The molecule has 2 aliphatic carbocycles. The van der Waals surface area contributed by atoms with Crippen molar-refractivity contribution in [2.45, 2.75) is 38.2 Å². The molecule has 0 aliphatic heterocycles. The summed E-state index contributed by atoms with van der Waals surface area (Å²) in [6.45, 7) is 0. The van der Waals surface area contributed by atoms with Gasteiger partial charge in [-0.05, 0) is 18.3 Å².